The molecule has 0 amide bonds. The van der Waals surface area contributed by atoms with E-state index in [4.69, 9.17) is 9.47 Å². The van der Waals surface area contributed by atoms with E-state index < -0.39 is 0 Å². The zero-order valence-electron chi connectivity index (χ0n) is 8.11. The molecule has 1 N–H and O–H groups in total. The Balaban J connectivity index is 1.90. The molecule has 0 radical (unpaired) electrons. The standard InChI is InChI=1S/C11H15NO2/c1-2-4-10(5-3-1)6-11-7-13-9-14-8-12-11/h1-5,11-12H,6-9H2. The van der Waals surface area contributed by atoms with Crippen LogP contribution in [0.3, 0.4) is 0 Å². The summed E-state index contributed by atoms with van der Waals surface area (Å²) in [7, 11) is 0. The van der Waals surface area contributed by atoms with Crippen LogP contribution >= 0.6 is 0 Å². The Kier molecular flexibility index (Phi) is 3.51. The van der Waals surface area contributed by atoms with Crippen molar-refractivity contribution in [3.63, 3.8) is 0 Å². The molecule has 0 spiro atoms. The molecule has 0 aromatic heterocycles. The molecule has 1 aliphatic heterocycles. The average Bonchev–Trinajstić information content (AvgIpc) is 2.48. The Bertz CT molecular complexity index is 255. The number of hydrogen-bond acceptors (Lipinski definition) is 3. The summed E-state index contributed by atoms with van der Waals surface area (Å²) in [6.07, 6.45) is 0.990. The first-order valence-electron chi connectivity index (χ1n) is 4.88. The lowest BCUT2D eigenvalue weighted by Gasteiger charge is -2.13. The van der Waals surface area contributed by atoms with Crippen molar-refractivity contribution in [2.75, 3.05) is 20.1 Å². The van der Waals surface area contributed by atoms with E-state index in [2.05, 4.69) is 29.6 Å². The van der Waals surface area contributed by atoms with Gasteiger partial charge in [-0.05, 0) is 12.0 Å². The van der Waals surface area contributed by atoms with E-state index in [1.165, 1.54) is 5.56 Å². The van der Waals surface area contributed by atoms with Gasteiger partial charge in [0, 0.05) is 6.04 Å². The van der Waals surface area contributed by atoms with Gasteiger partial charge in [-0.15, -0.1) is 0 Å². The van der Waals surface area contributed by atoms with Crippen LogP contribution < -0.4 is 5.32 Å². The lowest BCUT2D eigenvalue weighted by atomic mass is 10.1. The second kappa shape index (κ2) is 5.10. The molecule has 76 valence electrons. The highest BCUT2D eigenvalue weighted by Gasteiger charge is 2.11. The number of hydrogen-bond donors (Lipinski definition) is 1. The summed E-state index contributed by atoms with van der Waals surface area (Å²) in [5, 5.41) is 3.28. The Morgan fingerprint density at radius 2 is 2.07 bits per heavy atom. The SMILES string of the molecule is c1ccc(CC2COCOCN2)cc1. The minimum Gasteiger partial charge on any atom is -0.354 e. The zero-order chi connectivity index (χ0) is 9.64. The van der Waals surface area contributed by atoms with Crippen molar-refractivity contribution < 1.29 is 9.47 Å². The van der Waals surface area contributed by atoms with Gasteiger partial charge >= 0.3 is 0 Å². The highest BCUT2D eigenvalue weighted by atomic mass is 16.7. The smallest absolute Gasteiger partial charge is 0.148 e. The molecule has 1 fully saturated rings. The monoisotopic (exact) mass is 193 g/mol. The van der Waals surface area contributed by atoms with E-state index in [1.54, 1.807) is 0 Å². The molecule has 0 aliphatic carbocycles. The van der Waals surface area contributed by atoms with E-state index >= 15 is 0 Å². The summed E-state index contributed by atoms with van der Waals surface area (Å²) in [4.78, 5) is 0. The van der Waals surface area contributed by atoms with Gasteiger partial charge in [-0.1, -0.05) is 30.3 Å². The van der Waals surface area contributed by atoms with E-state index in [-0.39, 0.29) is 0 Å². The molecule has 14 heavy (non-hydrogen) atoms. The number of benzene rings is 1. The zero-order valence-corrected chi connectivity index (χ0v) is 8.11. The quantitative estimate of drug-likeness (QED) is 0.764. The predicted molar refractivity (Wildman–Crippen MR) is 53.8 cm³/mol. The number of ether oxygens (including phenoxy) is 2. The van der Waals surface area contributed by atoms with Crippen LogP contribution in [0.1, 0.15) is 5.56 Å². The minimum absolute atomic E-state index is 0.361. The lowest BCUT2D eigenvalue weighted by molar-refractivity contribution is -0.0345. The van der Waals surface area contributed by atoms with Gasteiger partial charge in [0.1, 0.15) is 6.79 Å². The van der Waals surface area contributed by atoms with Gasteiger partial charge in [0.2, 0.25) is 0 Å². The van der Waals surface area contributed by atoms with E-state index in [0.29, 0.717) is 19.6 Å². The van der Waals surface area contributed by atoms with Gasteiger partial charge in [-0.3, -0.25) is 5.32 Å². The highest BCUT2D eigenvalue weighted by Crippen LogP contribution is 2.04. The van der Waals surface area contributed by atoms with Gasteiger partial charge in [0.15, 0.2) is 0 Å². The third kappa shape index (κ3) is 2.80. The van der Waals surface area contributed by atoms with Crippen molar-refractivity contribution in [1.82, 2.24) is 5.32 Å². The second-order valence-corrected chi connectivity index (χ2v) is 3.43. The van der Waals surface area contributed by atoms with Gasteiger partial charge in [0.25, 0.3) is 0 Å². The van der Waals surface area contributed by atoms with Gasteiger partial charge in [0.05, 0.1) is 13.3 Å². The van der Waals surface area contributed by atoms with Gasteiger partial charge in [-0.2, -0.15) is 0 Å². The molecule has 0 saturated carbocycles. The molecule has 1 aromatic rings. The van der Waals surface area contributed by atoms with Crippen molar-refractivity contribution in [3.8, 4) is 0 Å². The van der Waals surface area contributed by atoms with Crippen LogP contribution in [0.2, 0.25) is 0 Å². The van der Waals surface area contributed by atoms with Crippen LogP contribution in [-0.2, 0) is 15.9 Å². The van der Waals surface area contributed by atoms with Gasteiger partial charge in [-0.25, -0.2) is 0 Å². The molecule has 3 nitrogen and oxygen atoms in total. The van der Waals surface area contributed by atoms with Crippen molar-refractivity contribution in [3.05, 3.63) is 35.9 Å². The van der Waals surface area contributed by atoms with Crippen LogP contribution in [0.15, 0.2) is 30.3 Å². The first kappa shape index (κ1) is 9.65. The molecule has 1 aliphatic rings. The van der Waals surface area contributed by atoms with E-state index in [0.717, 1.165) is 13.0 Å². The van der Waals surface area contributed by atoms with Crippen molar-refractivity contribution >= 4 is 0 Å². The summed E-state index contributed by atoms with van der Waals surface area (Å²) in [6.45, 7) is 1.70. The molecule has 1 aromatic carbocycles. The largest absolute Gasteiger partial charge is 0.354 e. The maximum absolute atomic E-state index is 5.29. The summed E-state index contributed by atoms with van der Waals surface area (Å²) in [5.41, 5.74) is 1.33. The van der Waals surface area contributed by atoms with Crippen LogP contribution in [-0.4, -0.2) is 26.2 Å². The minimum atomic E-state index is 0.361. The fourth-order valence-electron chi connectivity index (χ4n) is 1.56. The Labute approximate surface area is 84.0 Å². The first-order chi connectivity index (χ1) is 6.95. The van der Waals surface area contributed by atoms with Crippen LogP contribution in [0, 0.1) is 0 Å². The molecular weight excluding hydrogens is 178 g/mol. The summed E-state index contributed by atoms with van der Waals surface area (Å²) >= 11 is 0. The third-order valence-electron chi connectivity index (χ3n) is 2.28. The Morgan fingerprint density at radius 3 is 2.93 bits per heavy atom. The Hall–Kier alpha value is -0.900. The van der Waals surface area contributed by atoms with Gasteiger partial charge < -0.3 is 9.47 Å². The molecule has 2 rings (SSSR count). The Morgan fingerprint density at radius 1 is 1.21 bits per heavy atom. The molecular formula is C11H15NO2. The fourth-order valence-corrected chi connectivity index (χ4v) is 1.56. The second-order valence-electron chi connectivity index (χ2n) is 3.43. The molecule has 1 unspecified atom stereocenters. The lowest BCUT2D eigenvalue weighted by Crippen LogP contribution is -2.33. The van der Waals surface area contributed by atoms with E-state index in [9.17, 15) is 0 Å². The molecule has 0 bridgehead atoms. The number of nitrogens with one attached hydrogen (secondary N) is 1. The predicted octanol–water partition coefficient (Wildman–Crippen LogP) is 1.15. The topological polar surface area (TPSA) is 30.5 Å². The van der Waals surface area contributed by atoms with Crippen LogP contribution in [0.5, 0.6) is 0 Å². The highest BCUT2D eigenvalue weighted by molar-refractivity contribution is 5.15. The summed E-state index contributed by atoms with van der Waals surface area (Å²) in [5.74, 6) is 0. The van der Waals surface area contributed by atoms with E-state index in [1.807, 2.05) is 6.07 Å². The van der Waals surface area contributed by atoms with Crippen molar-refractivity contribution in [2.24, 2.45) is 0 Å². The molecule has 1 saturated heterocycles. The average molecular weight is 193 g/mol. The maximum atomic E-state index is 5.29. The third-order valence-corrected chi connectivity index (χ3v) is 2.28. The molecule has 1 atom stereocenters. The number of rotatable bonds is 2. The first-order valence-corrected chi connectivity index (χ1v) is 4.88. The molecule has 1 heterocycles. The maximum Gasteiger partial charge on any atom is 0.148 e. The van der Waals surface area contributed by atoms with Crippen LogP contribution in [0.4, 0.5) is 0 Å². The van der Waals surface area contributed by atoms with Crippen molar-refractivity contribution in [1.29, 1.82) is 0 Å². The fraction of sp³-hybridized carbons (Fsp3) is 0.455. The normalized spacial score (nSPS) is 23.0. The summed E-state index contributed by atoms with van der Waals surface area (Å²) in [6, 6.07) is 10.8. The van der Waals surface area contributed by atoms with Crippen LogP contribution in [0.25, 0.3) is 0 Å². The molecule has 3 heteroatoms. The van der Waals surface area contributed by atoms with Crippen molar-refractivity contribution in [2.45, 2.75) is 12.5 Å². The summed E-state index contributed by atoms with van der Waals surface area (Å²) < 4.78 is 10.4.